The lowest BCUT2D eigenvalue weighted by molar-refractivity contribution is 0.0962. The van der Waals surface area contributed by atoms with Crippen LogP contribution in [0.4, 0.5) is 5.69 Å². The number of nitrogens with zero attached hydrogens (tertiary/aromatic N) is 3. The van der Waals surface area contributed by atoms with Crippen LogP contribution in [0.15, 0.2) is 42.7 Å². The van der Waals surface area contributed by atoms with Crippen LogP contribution in [0.25, 0.3) is 11.5 Å². The molecule has 3 rings (SSSR count). The first kappa shape index (κ1) is 18.6. The van der Waals surface area contributed by atoms with Crippen molar-refractivity contribution in [3.05, 3.63) is 64.6 Å². The van der Waals surface area contributed by atoms with E-state index in [1.54, 1.807) is 61.4 Å². The Morgan fingerprint density at radius 3 is 2.63 bits per heavy atom. The molecular weight excluding hydrogens is 366 g/mol. The van der Waals surface area contributed by atoms with Gasteiger partial charge in [0.25, 0.3) is 11.8 Å². The molecule has 2 amide bonds. The summed E-state index contributed by atoms with van der Waals surface area (Å²) in [6.45, 7) is 1.82. The van der Waals surface area contributed by atoms with E-state index >= 15 is 0 Å². The summed E-state index contributed by atoms with van der Waals surface area (Å²) < 4.78 is 1.70. The van der Waals surface area contributed by atoms with Crippen LogP contribution in [0.1, 0.15) is 26.4 Å². The molecule has 0 unspecified atom stereocenters. The SMILES string of the molecule is CNC(=O)c1ccc(NC(=O)c2cn(C)c(-c3ncccc3Cl)n2)c(C)c1. The standard InChI is InChI=1S/C19H18ClN5O2/c1-11-9-12(18(26)21-2)6-7-14(11)24-19(27)15-10-25(3)17(23-15)16-13(20)5-4-8-22-16/h4-10H,1-3H3,(H,21,26)(H,24,27). The van der Waals surface area contributed by atoms with Gasteiger partial charge in [-0.2, -0.15) is 0 Å². The summed E-state index contributed by atoms with van der Waals surface area (Å²) in [4.78, 5) is 32.9. The number of aryl methyl sites for hydroxylation is 2. The quantitative estimate of drug-likeness (QED) is 0.724. The first-order valence-electron chi connectivity index (χ1n) is 8.19. The Balaban J connectivity index is 1.85. The fourth-order valence-electron chi connectivity index (χ4n) is 2.62. The predicted molar refractivity (Wildman–Crippen MR) is 104 cm³/mol. The van der Waals surface area contributed by atoms with Crippen molar-refractivity contribution in [3.63, 3.8) is 0 Å². The largest absolute Gasteiger partial charge is 0.355 e. The Morgan fingerprint density at radius 1 is 1.19 bits per heavy atom. The fraction of sp³-hybridized carbons (Fsp3) is 0.158. The highest BCUT2D eigenvalue weighted by atomic mass is 35.5. The van der Waals surface area contributed by atoms with E-state index in [9.17, 15) is 9.59 Å². The molecule has 0 aliphatic rings. The topological polar surface area (TPSA) is 88.9 Å². The zero-order chi connectivity index (χ0) is 19.6. The minimum atomic E-state index is -0.361. The Morgan fingerprint density at radius 2 is 1.96 bits per heavy atom. The molecule has 2 N–H and O–H groups in total. The number of hydrogen-bond acceptors (Lipinski definition) is 4. The number of benzene rings is 1. The molecule has 0 bridgehead atoms. The maximum absolute atomic E-state index is 12.6. The number of hydrogen-bond donors (Lipinski definition) is 2. The fourth-order valence-corrected chi connectivity index (χ4v) is 2.83. The van der Waals surface area contributed by atoms with E-state index in [4.69, 9.17) is 11.6 Å². The molecule has 8 heteroatoms. The number of nitrogens with one attached hydrogen (secondary N) is 2. The molecule has 2 aromatic heterocycles. The van der Waals surface area contributed by atoms with E-state index in [2.05, 4.69) is 20.6 Å². The molecule has 138 valence electrons. The summed E-state index contributed by atoms with van der Waals surface area (Å²) in [6.07, 6.45) is 3.23. The second kappa shape index (κ2) is 7.59. The van der Waals surface area contributed by atoms with Crippen LogP contribution in [0.5, 0.6) is 0 Å². The molecule has 0 spiro atoms. The molecule has 0 atom stereocenters. The van der Waals surface area contributed by atoms with Gasteiger partial charge in [0.1, 0.15) is 11.4 Å². The second-order valence-corrected chi connectivity index (χ2v) is 6.36. The lowest BCUT2D eigenvalue weighted by Gasteiger charge is -2.09. The zero-order valence-electron chi connectivity index (χ0n) is 15.1. The van der Waals surface area contributed by atoms with Gasteiger partial charge in [0.05, 0.1) is 5.02 Å². The van der Waals surface area contributed by atoms with Gasteiger partial charge in [-0.3, -0.25) is 14.6 Å². The second-order valence-electron chi connectivity index (χ2n) is 5.96. The van der Waals surface area contributed by atoms with E-state index in [1.807, 2.05) is 6.92 Å². The molecule has 0 saturated heterocycles. The summed E-state index contributed by atoms with van der Waals surface area (Å²) in [5.41, 5.74) is 2.65. The number of rotatable bonds is 4. The molecule has 0 saturated carbocycles. The molecule has 1 aromatic carbocycles. The van der Waals surface area contributed by atoms with E-state index in [0.717, 1.165) is 5.56 Å². The minimum absolute atomic E-state index is 0.183. The lowest BCUT2D eigenvalue weighted by Crippen LogP contribution is -2.18. The van der Waals surface area contributed by atoms with Crippen LogP contribution < -0.4 is 10.6 Å². The molecule has 7 nitrogen and oxygen atoms in total. The predicted octanol–water partition coefficient (Wildman–Crippen LogP) is 3.06. The molecular formula is C19H18ClN5O2. The smallest absolute Gasteiger partial charge is 0.275 e. The van der Waals surface area contributed by atoms with Gasteiger partial charge in [-0.05, 0) is 42.8 Å². The van der Waals surface area contributed by atoms with Gasteiger partial charge in [0, 0.05) is 37.7 Å². The average molecular weight is 384 g/mol. The number of halogens is 1. The van der Waals surface area contributed by atoms with Crippen molar-refractivity contribution >= 4 is 29.1 Å². The number of amides is 2. The summed E-state index contributed by atoms with van der Waals surface area (Å²) in [6, 6.07) is 8.51. The number of carbonyl (C=O) groups is 2. The Bertz CT molecular complexity index is 1030. The third-order valence-corrected chi connectivity index (χ3v) is 4.35. The molecule has 0 radical (unpaired) electrons. The van der Waals surface area contributed by atoms with Gasteiger partial charge in [-0.1, -0.05) is 11.6 Å². The number of carbonyl (C=O) groups excluding carboxylic acids is 2. The van der Waals surface area contributed by atoms with Crippen molar-refractivity contribution in [1.29, 1.82) is 0 Å². The highest BCUT2D eigenvalue weighted by Gasteiger charge is 2.17. The molecule has 0 aliphatic heterocycles. The van der Waals surface area contributed by atoms with Crippen LogP contribution in [0, 0.1) is 6.92 Å². The normalized spacial score (nSPS) is 10.5. The molecule has 3 aromatic rings. The maximum atomic E-state index is 12.6. The van der Waals surface area contributed by atoms with Crippen LogP contribution in [0.2, 0.25) is 5.02 Å². The molecule has 0 aliphatic carbocycles. The highest BCUT2D eigenvalue weighted by molar-refractivity contribution is 6.32. The van der Waals surface area contributed by atoms with Crippen LogP contribution in [-0.4, -0.2) is 33.4 Å². The van der Waals surface area contributed by atoms with Gasteiger partial charge in [0.2, 0.25) is 0 Å². The number of anilines is 1. The van der Waals surface area contributed by atoms with Crippen LogP contribution >= 0.6 is 11.6 Å². The first-order chi connectivity index (χ1) is 12.9. The summed E-state index contributed by atoms with van der Waals surface area (Å²) >= 11 is 6.17. The first-order valence-corrected chi connectivity index (χ1v) is 8.57. The summed E-state index contributed by atoms with van der Waals surface area (Å²) in [5, 5.41) is 5.84. The monoisotopic (exact) mass is 383 g/mol. The maximum Gasteiger partial charge on any atom is 0.275 e. The van der Waals surface area contributed by atoms with E-state index in [0.29, 0.717) is 27.8 Å². The molecule has 0 fully saturated rings. The van der Waals surface area contributed by atoms with Crippen molar-refractivity contribution in [2.45, 2.75) is 6.92 Å². The Labute approximate surface area is 161 Å². The number of imidazole rings is 1. The summed E-state index contributed by atoms with van der Waals surface area (Å²) in [7, 11) is 3.34. The van der Waals surface area contributed by atoms with Crippen molar-refractivity contribution in [2.75, 3.05) is 12.4 Å². The van der Waals surface area contributed by atoms with E-state index in [1.165, 1.54) is 0 Å². The van der Waals surface area contributed by atoms with Crippen molar-refractivity contribution < 1.29 is 9.59 Å². The van der Waals surface area contributed by atoms with E-state index < -0.39 is 0 Å². The van der Waals surface area contributed by atoms with Gasteiger partial charge >= 0.3 is 0 Å². The summed E-state index contributed by atoms with van der Waals surface area (Å²) in [5.74, 6) is -0.0466. The molecule has 27 heavy (non-hydrogen) atoms. The molecule has 2 heterocycles. The van der Waals surface area contributed by atoms with Gasteiger partial charge in [-0.15, -0.1) is 0 Å². The average Bonchev–Trinajstić information content (AvgIpc) is 3.04. The number of aromatic nitrogens is 3. The zero-order valence-corrected chi connectivity index (χ0v) is 15.8. The van der Waals surface area contributed by atoms with Crippen molar-refractivity contribution in [1.82, 2.24) is 19.9 Å². The third kappa shape index (κ3) is 3.83. The van der Waals surface area contributed by atoms with E-state index in [-0.39, 0.29) is 17.5 Å². The third-order valence-electron chi connectivity index (χ3n) is 4.04. The van der Waals surface area contributed by atoms with Gasteiger partial charge in [0.15, 0.2) is 5.82 Å². The number of pyridine rings is 1. The van der Waals surface area contributed by atoms with Crippen molar-refractivity contribution in [2.24, 2.45) is 7.05 Å². The minimum Gasteiger partial charge on any atom is -0.355 e. The van der Waals surface area contributed by atoms with Crippen LogP contribution in [0.3, 0.4) is 0 Å². The lowest BCUT2D eigenvalue weighted by atomic mass is 10.1. The van der Waals surface area contributed by atoms with Gasteiger partial charge < -0.3 is 15.2 Å². The Hall–Kier alpha value is -3.19. The van der Waals surface area contributed by atoms with Crippen LogP contribution in [-0.2, 0) is 7.05 Å². The highest BCUT2D eigenvalue weighted by Crippen LogP contribution is 2.24. The van der Waals surface area contributed by atoms with Crippen molar-refractivity contribution in [3.8, 4) is 11.5 Å². The Kier molecular flexibility index (Phi) is 5.23. The van der Waals surface area contributed by atoms with Gasteiger partial charge in [-0.25, -0.2) is 4.98 Å².